The zero-order chi connectivity index (χ0) is 17.5. The summed E-state index contributed by atoms with van der Waals surface area (Å²) < 4.78 is 5.15. The Bertz CT molecular complexity index is 684. The van der Waals surface area contributed by atoms with Gasteiger partial charge < -0.3 is 15.0 Å². The molecule has 0 fully saturated rings. The number of carbonyl (C=O) groups excluding carboxylic acids is 2. The van der Waals surface area contributed by atoms with Gasteiger partial charge in [0.1, 0.15) is 11.8 Å². The predicted molar refractivity (Wildman–Crippen MR) is 92.5 cm³/mol. The fourth-order valence-electron chi connectivity index (χ4n) is 2.56. The molecule has 0 spiro atoms. The number of hydrogen-bond donors (Lipinski definition) is 1. The summed E-state index contributed by atoms with van der Waals surface area (Å²) in [7, 11) is 3.18. The van der Waals surface area contributed by atoms with Crippen LogP contribution in [-0.4, -0.2) is 30.9 Å². The van der Waals surface area contributed by atoms with Crippen molar-refractivity contribution >= 4 is 11.8 Å². The van der Waals surface area contributed by atoms with Gasteiger partial charge in [0, 0.05) is 20.5 Å². The molecule has 0 aliphatic rings. The fourth-order valence-corrected chi connectivity index (χ4v) is 2.56. The van der Waals surface area contributed by atoms with Crippen LogP contribution in [0.15, 0.2) is 54.6 Å². The van der Waals surface area contributed by atoms with Gasteiger partial charge in [0.2, 0.25) is 11.8 Å². The van der Waals surface area contributed by atoms with Crippen LogP contribution in [0, 0.1) is 0 Å². The van der Waals surface area contributed by atoms with Crippen molar-refractivity contribution in [1.29, 1.82) is 0 Å². The highest BCUT2D eigenvalue weighted by Crippen LogP contribution is 2.24. The van der Waals surface area contributed by atoms with E-state index in [1.807, 2.05) is 54.6 Å². The molecule has 2 aromatic carbocycles. The number of amides is 2. The molecule has 0 aromatic heterocycles. The third-order valence-electron chi connectivity index (χ3n) is 3.84. The fraction of sp³-hybridized carbons (Fsp3) is 0.263. The van der Waals surface area contributed by atoms with Crippen molar-refractivity contribution in [1.82, 2.24) is 10.2 Å². The Kier molecular flexibility index (Phi) is 5.95. The maximum absolute atomic E-state index is 12.4. The van der Waals surface area contributed by atoms with E-state index in [0.717, 1.165) is 16.9 Å². The van der Waals surface area contributed by atoms with Crippen LogP contribution in [0.3, 0.4) is 0 Å². The van der Waals surface area contributed by atoms with E-state index in [2.05, 4.69) is 5.32 Å². The minimum absolute atomic E-state index is 0.164. The molecule has 0 saturated carbocycles. The standard InChI is InChI=1S/C19H22N2O3/c1-14(22)21(13-15-9-11-17(24-3)12-10-15)18(19(23)20-2)16-7-5-4-6-8-16/h4-12,18H,13H2,1-3H3,(H,20,23)/t18-/m0/s1. The highest BCUT2D eigenvalue weighted by molar-refractivity contribution is 5.87. The second-order valence-electron chi connectivity index (χ2n) is 5.42. The van der Waals surface area contributed by atoms with Crippen molar-refractivity contribution in [2.24, 2.45) is 0 Å². The average Bonchev–Trinajstić information content (AvgIpc) is 2.62. The molecule has 0 saturated heterocycles. The smallest absolute Gasteiger partial charge is 0.247 e. The molecule has 0 unspecified atom stereocenters. The second-order valence-corrected chi connectivity index (χ2v) is 5.42. The van der Waals surface area contributed by atoms with Gasteiger partial charge in [-0.05, 0) is 23.3 Å². The number of nitrogens with zero attached hydrogens (tertiary/aromatic N) is 1. The molecule has 2 rings (SSSR count). The SMILES string of the molecule is CNC(=O)[C@H](c1ccccc1)N(Cc1ccc(OC)cc1)C(C)=O. The molecule has 1 N–H and O–H groups in total. The van der Waals surface area contributed by atoms with Crippen LogP contribution < -0.4 is 10.1 Å². The van der Waals surface area contributed by atoms with E-state index in [9.17, 15) is 9.59 Å². The lowest BCUT2D eigenvalue weighted by atomic mass is 10.0. The molecule has 0 radical (unpaired) electrons. The predicted octanol–water partition coefficient (Wildman–Crippen LogP) is 2.53. The summed E-state index contributed by atoms with van der Waals surface area (Å²) in [5, 5.41) is 2.65. The third-order valence-corrected chi connectivity index (χ3v) is 3.84. The Balaban J connectivity index is 2.34. The molecule has 126 valence electrons. The van der Waals surface area contributed by atoms with Gasteiger partial charge in [-0.1, -0.05) is 42.5 Å². The molecular formula is C19H22N2O3. The van der Waals surface area contributed by atoms with Crippen LogP contribution in [0.4, 0.5) is 0 Å². The van der Waals surface area contributed by atoms with Gasteiger partial charge in [-0.2, -0.15) is 0 Å². The van der Waals surface area contributed by atoms with E-state index in [1.54, 1.807) is 19.1 Å². The number of likely N-dealkylation sites (N-methyl/N-ethyl adjacent to an activating group) is 1. The summed E-state index contributed by atoms with van der Waals surface area (Å²) >= 11 is 0. The highest BCUT2D eigenvalue weighted by atomic mass is 16.5. The number of rotatable bonds is 6. The maximum atomic E-state index is 12.4. The largest absolute Gasteiger partial charge is 0.497 e. The molecule has 1 atom stereocenters. The zero-order valence-electron chi connectivity index (χ0n) is 14.2. The average molecular weight is 326 g/mol. The van der Waals surface area contributed by atoms with E-state index in [4.69, 9.17) is 4.74 Å². The molecular weight excluding hydrogens is 304 g/mol. The summed E-state index contributed by atoms with van der Waals surface area (Å²) in [4.78, 5) is 26.2. The molecule has 2 amide bonds. The number of hydrogen-bond acceptors (Lipinski definition) is 3. The zero-order valence-corrected chi connectivity index (χ0v) is 14.2. The number of ether oxygens (including phenoxy) is 1. The highest BCUT2D eigenvalue weighted by Gasteiger charge is 2.28. The van der Waals surface area contributed by atoms with E-state index in [-0.39, 0.29) is 11.8 Å². The number of methoxy groups -OCH3 is 1. The van der Waals surface area contributed by atoms with Crippen LogP contribution in [0.25, 0.3) is 0 Å². The summed E-state index contributed by atoms with van der Waals surface area (Å²) in [6.07, 6.45) is 0. The Morgan fingerprint density at radius 2 is 1.71 bits per heavy atom. The van der Waals surface area contributed by atoms with E-state index in [1.165, 1.54) is 6.92 Å². The number of carbonyl (C=O) groups is 2. The Morgan fingerprint density at radius 1 is 1.08 bits per heavy atom. The van der Waals surface area contributed by atoms with Crippen LogP contribution in [0.5, 0.6) is 5.75 Å². The first-order valence-electron chi connectivity index (χ1n) is 7.73. The number of benzene rings is 2. The van der Waals surface area contributed by atoms with E-state index >= 15 is 0 Å². The van der Waals surface area contributed by atoms with Crippen molar-refractivity contribution in [2.45, 2.75) is 19.5 Å². The van der Waals surface area contributed by atoms with Crippen molar-refractivity contribution in [3.05, 3.63) is 65.7 Å². The van der Waals surface area contributed by atoms with Crippen LogP contribution in [0.1, 0.15) is 24.1 Å². The van der Waals surface area contributed by atoms with Gasteiger partial charge in [-0.15, -0.1) is 0 Å². The Morgan fingerprint density at radius 3 is 2.21 bits per heavy atom. The topological polar surface area (TPSA) is 58.6 Å². The van der Waals surface area contributed by atoms with Crippen molar-refractivity contribution in [3.8, 4) is 5.75 Å². The molecule has 0 aliphatic carbocycles. The molecule has 2 aromatic rings. The normalized spacial score (nSPS) is 11.5. The number of nitrogens with one attached hydrogen (secondary N) is 1. The maximum Gasteiger partial charge on any atom is 0.247 e. The first-order valence-corrected chi connectivity index (χ1v) is 7.73. The molecule has 24 heavy (non-hydrogen) atoms. The van der Waals surface area contributed by atoms with Gasteiger partial charge in [-0.25, -0.2) is 0 Å². The molecule has 0 aliphatic heterocycles. The minimum Gasteiger partial charge on any atom is -0.497 e. The Labute approximate surface area is 142 Å². The van der Waals surface area contributed by atoms with Gasteiger partial charge in [0.25, 0.3) is 0 Å². The molecule has 5 nitrogen and oxygen atoms in total. The lowest BCUT2D eigenvalue weighted by molar-refractivity contribution is -0.139. The quantitative estimate of drug-likeness (QED) is 0.887. The van der Waals surface area contributed by atoms with Gasteiger partial charge in [0.15, 0.2) is 0 Å². The first kappa shape index (κ1) is 17.5. The van der Waals surface area contributed by atoms with Gasteiger partial charge in [-0.3, -0.25) is 9.59 Å². The lowest BCUT2D eigenvalue weighted by Gasteiger charge is -2.30. The Hall–Kier alpha value is -2.82. The third kappa shape index (κ3) is 4.13. The van der Waals surface area contributed by atoms with Crippen molar-refractivity contribution in [2.75, 3.05) is 14.2 Å². The summed E-state index contributed by atoms with van der Waals surface area (Å²) in [5.74, 6) is 0.368. The second kappa shape index (κ2) is 8.15. The van der Waals surface area contributed by atoms with Crippen LogP contribution in [-0.2, 0) is 16.1 Å². The van der Waals surface area contributed by atoms with E-state index in [0.29, 0.717) is 6.54 Å². The van der Waals surface area contributed by atoms with Crippen LogP contribution in [0.2, 0.25) is 0 Å². The molecule has 5 heteroatoms. The van der Waals surface area contributed by atoms with Gasteiger partial charge >= 0.3 is 0 Å². The molecule has 0 heterocycles. The van der Waals surface area contributed by atoms with Gasteiger partial charge in [0.05, 0.1) is 7.11 Å². The lowest BCUT2D eigenvalue weighted by Crippen LogP contribution is -2.41. The summed E-state index contributed by atoms with van der Waals surface area (Å²) in [6, 6.07) is 16.1. The summed E-state index contributed by atoms with van der Waals surface area (Å²) in [5.41, 5.74) is 1.70. The summed E-state index contributed by atoms with van der Waals surface area (Å²) in [6.45, 7) is 1.81. The monoisotopic (exact) mass is 326 g/mol. The van der Waals surface area contributed by atoms with Crippen molar-refractivity contribution < 1.29 is 14.3 Å². The first-order chi connectivity index (χ1) is 11.6. The van der Waals surface area contributed by atoms with Crippen LogP contribution >= 0.6 is 0 Å². The molecule has 0 bridgehead atoms. The van der Waals surface area contributed by atoms with E-state index < -0.39 is 6.04 Å². The minimum atomic E-state index is -0.671. The van der Waals surface area contributed by atoms with Crippen molar-refractivity contribution in [3.63, 3.8) is 0 Å².